The fourth-order valence-corrected chi connectivity index (χ4v) is 8.72. The minimum atomic E-state index is 0.403. The number of aromatic nitrogens is 2. The molecule has 0 amide bonds. The van der Waals surface area contributed by atoms with Crippen LogP contribution in [0.15, 0.2) is 12.4 Å². The molecule has 3 unspecified atom stereocenters. The molecule has 9 atom stereocenters. The van der Waals surface area contributed by atoms with Gasteiger partial charge in [-0.25, -0.2) is 0 Å². The van der Waals surface area contributed by atoms with Gasteiger partial charge in [0.2, 0.25) is 0 Å². The molecule has 1 aromatic rings. The van der Waals surface area contributed by atoms with E-state index in [0.717, 1.165) is 35.5 Å². The second-order valence-electron chi connectivity index (χ2n) is 11.1. The zero-order chi connectivity index (χ0) is 19.5. The Morgan fingerprint density at radius 1 is 1.11 bits per heavy atom. The first-order chi connectivity index (χ1) is 13.5. The lowest BCUT2D eigenvalue weighted by molar-refractivity contribution is -0.0724. The largest absolute Gasteiger partial charge is 0.268 e. The topological polar surface area (TPSA) is 41.6 Å². The summed E-state index contributed by atoms with van der Waals surface area (Å²) >= 11 is 0. The summed E-state index contributed by atoms with van der Waals surface area (Å²) in [4.78, 5) is 0. The van der Waals surface area contributed by atoms with Gasteiger partial charge in [0.25, 0.3) is 0 Å². The van der Waals surface area contributed by atoms with Gasteiger partial charge in [0, 0.05) is 6.20 Å². The number of fused-ring (bicyclic) bond motifs is 5. The molecule has 4 saturated carbocycles. The summed E-state index contributed by atoms with van der Waals surface area (Å²) in [6, 6.07) is 2.65. The molecule has 5 rings (SSSR count). The van der Waals surface area contributed by atoms with Crippen LogP contribution in [0.3, 0.4) is 0 Å². The van der Waals surface area contributed by atoms with Gasteiger partial charge < -0.3 is 0 Å². The Balaban J connectivity index is 1.36. The van der Waals surface area contributed by atoms with Crippen molar-refractivity contribution in [2.45, 2.75) is 84.6 Å². The average Bonchev–Trinajstić information content (AvgIpc) is 3.31. The Hall–Kier alpha value is -1.30. The summed E-state index contributed by atoms with van der Waals surface area (Å²) in [5, 5.41) is 13.7. The lowest BCUT2D eigenvalue weighted by Crippen LogP contribution is -2.49. The monoisotopic (exact) mass is 379 g/mol. The molecule has 0 spiro atoms. The number of hydrogen-bond acceptors (Lipinski definition) is 2. The van der Waals surface area contributed by atoms with E-state index in [1.807, 2.05) is 6.20 Å². The Bertz CT molecular complexity index is 760. The smallest absolute Gasteiger partial charge is 0.102 e. The maximum Gasteiger partial charge on any atom is 0.102 e. The quantitative estimate of drug-likeness (QED) is 0.612. The van der Waals surface area contributed by atoms with E-state index in [1.165, 1.54) is 57.8 Å². The molecule has 3 heteroatoms. The lowest BCUT2D eigenvalue weighted by Gasteiger charge is -2.56. The molecule has 1 aromatic heterocycles. The number of nitrogens with zero attached hydrogens (tertiary/aromatic N) is 3. The maximum absolute atomic E-state index is 9.17. The lowest BCUT2D eigenvalue weighted by atomic mass is 9.49. The normalized spacial score (nSPS) is 46.1. The number of rotatable bonds is 2. The second kappa shape index (κ2) is 6.89. The predicted molar refractivity (Wildman–Crippen MR) is 111 cm³/mol. The van der Waals surface area contributed by atoms with Crippen molar-refractivity contribution in [3.63, 3.8) is 0 Å². The predicted octanol–water partition coefficient (Wildman–Crippen LogP) is 6.22. The highest BCUT2D eigenvalue weighted by atomic mass is 15.3. The van der Waals surface area contributed by atoms with E-state index in [-0.39, 0.29) is 0 Å². The van der Waals surface area contributed by atoms with Gasteiger partial charge in [-0.15, -0.1) is 0 Å². The summed E-state index contributed by atoms with van der Waals surface area (Å²) in [6.45, 7) is 7.44. The summed E-state index contributed by atoms with van der Waals surface area (Å²) in [5.74, 6) is 6.68. The van der Waals surface area contributed by atoms with E-state index in [0.29, 0.717) is 22.9 Å². The van der Waals surface area contributed by atoms with Crippen molar-refractivity contribution < 1.29 is 0 Å². The third kappa shape index (κ3) is 2.78. The molecule has 0 aromatic carbocycles. The van der Waals surface area contributed by atoms with E-state index in [2.05, 4.69) is 36.6 Å². The van der Waals surface area contributed by atoms with Gasteiger partial charge in [0.15, 0.2) is 0 Å². The molecule has 4 aliphatic carbocycles. The van der Waals surface area contributed by atoms with Crippen molar-refractivity contribution in [2.24, 2.45) is 46.8 Å². The molecule has 4 fully saturated rings. The molecular weight excluding hydrogens is 342 g/mol. The summed E-state index contributed by atoms with van der Waals surface area (Å²) in [7, 11) is 0. The first-order valence-corrected chi connectivity index (χ1v) is 12.0. The Morgan fingerprint density at radius 3 is 2.71 bits per heavy atom. The summed E-state index contributed by atoms with van der Waals surface area (Å²) in [6.07, 6.45) is 16.9. The Labute approximate surface area is 170 Å². The number of hydrogen-bond donors (Lipinski definition) is 0. The summed E-state index contributed by atoms with van der Waals surface area (Å²) < 4.78 is 2.09. The van der Waals surface area contributed by atoms with Gasteiger partial charge in [-0.2, -0.15) is 10.4 Å². The minimum absolute atomic E-state index is 0.403. The van der Waals surface area contributed by atoms with Crippen LogP contribution in [-0.4, -0.2) is 9.78 Å². The zero-order valence-electron chi connectivity index (χ0n) is 18.0. The maximum atomic E-state index is 9.17. The van der Waals surface area contributed by atoms with Gasteiger partial charge >= 0.3 is 0 Å². The van der Waals surface area contributed by atoms with E-state index in [1.54, 1.807) is 6.20 Å². The average molecular weight is 380 g/mol. The fraction of sp³-hybridized carbons (Fsp3) is 0.840. The molecule has 152 valence electrons. The Kier molecular flexibility index (Phi) is 4.61. The van der Waals surface area contributed by atoms with Crippen molar-refractivity contribution in [3.05, 3.63) is 18.0 Å². The van der Waals surface area contributed by atoms with Gasteiger partial charge in [-0.05, 0) is 105 Å². The van der Waals surface area contributed by atoms with Gasteiger partial charge in [0.1, 0.15) is 6.07 Å². The minimum Gasteiger partial charge on any atom is -0.268 e. The summed E-state index contributed by atoms with van der Waals surface area (Å²) in [5.41, 5.74) is 1.16. The van der Waals surface area contributed by atoms with Gasteiger partial charge in [-0.3, -0.25) is 4.68 Å². The number of nitriles is 1. The molecular formula is C25H37N3. The Morgan fingerprint density at radius 2 is 1.93 bits per heavy atom. The third-order valence-electron chi connectivity index (χ3n) is 10.0. The standard InChI is InChI=1S/C25H37N3/c1-16-4-6-20-19(12-16)5-7-22-21(20)10-11-25(3)23(8-9-24(22)25)17(2)28-15-18(13-26)14-27-28/h14-17,19-24H,4-12H2,1-3H3/t16-,17-,19+,20-,21?,22+,23?,24?,25+/m0/s1. The second-order valence-corrected chi connectivity index (χ2v) is 11.1. The molecule has 0 bridgehead atoms. The SMILES string of the molecule is C[C@H]1CC[C@@H]2C3CC[C@@]4(C)C(CCC4[C@H](C)n4cc(C#N)cn4)[C@@H]3CC[C@@H]2C1. The first kappa shape index (κ1) is 18.7. The molecule has 1 heterocycles. The molecule has 0 radical (unpaired) electrons. The van der Waals surface area contributed by atoms with Crippen LogP contribution in [-0.2, 0) is 0 Å². The van der Waals surface area contributed by atoms with Gasteiger partial charge in [0.05, 0.1) is 17.8 Å². The van der Waals surface area contributed by atoms with Crippen LogP contribution >= 0.6 is 0 Å². The van der Waals surface area contributed by atoms with Crippen LogP contribution in [0.1, 0.15) is 90.2 Å². The van der Waals surface area contributed by atoms with Crippen LogP contribution in [0.25, 0.3) is 0 Å². The van der Waals surface area contributed by atoms with E-state index in [4.69, 9.17) is 0 Å². The van der Waals surface area contributed by atoms with E-state index >= 15 is 0 Å². The molecule has 3 nitrogen and oxygen atoms in total. The van der Waals surface area contributed by atoms with Gasteiger partial charge in [-0.1, -0.05) is 20.3 Å². The van der Waals surface area contributed by atoms with Crippen molar-refractivity contribution in [3.8, 4) is 6.07 Å². The molecule has 0 N–H and O–H groups in total. The van der Waals surface area contributed by atoms with E-state index < -0.39 is 0 Å². The highest BCUT2D eigenvalue weighted by Crippen LogP contribution is 2.65. The van der Waals surface area contributed by atoms with Crippen LogP contribution in [0, 0.1) is 58.2 Å². The van der Waals surface area contributed by atoms with Crippen molar-refractivity contribution in [1.29, 1.82) is 5.26 Å². The van der Waals surface area contributed by atoms with Crippen molar-refractivity contribution in [1.82, 2.24) is 9.78 Å². The zero-order valence-corrected chi connectivity index (χ0v) is 18.0. The van der Waals surface area contributed by atoms with Crippen LogP contribution in [0.4, 0.5) is 0 Å². The third-order valence-corrected chi connectivity index (χ3v) is 10.0. The highest BCUT2D eigenvalue weighted by molar-refractivity contribution is 5.22. The molecule has 28 heavy (non-hydrogen) atoms. The van der Waals surface area contributed by atoms with Crippen LogP contribution in [0.5, 0.6) is 0 Å². The molecule has 0 saturated heterocycles. The van der Waals surface area contributed by atoms with Crippen molar-refractivity contribution in [2.75, 3.05) is 0 Å². The molecule has 4 aliphatic rings. The first-order valence-electron chi connectivity index (χ1n) is 12.0. The fourth-order valence-electron chi connectivity index (χ4n) is 8.72. The van der Waals surface area contributed by atoms with E-state index in [9.17, 15) is 5.26 Å². The molecule has 0 aliphatic heterocycles. The highest BCUT2D eigenvalue weighted by Gasteiger charge is 2.57. The van der Waals surface area contributed by atoms with Crippen LogP contribution in [0.2, 0.25) is 0 Å². The van der Waals surface area contributed by atoms with Crippen molar-refractivity contribution >= 4 is 0 Å². The van der Waals surface area contributed by atoms with Crippen LogP contribution < -0.4 is 0 Å².